The van der Waals surface area contributed by atoms with E-state index in [1.807, 2.05) is 27.2 Å². The quantitative estimate of drug-likeness (QED) is 0.108. The van der Waals surface area contributed by atoms with Crippen molar-refractivity contribution in [1.82, 2.24) is 0 Å². The molecule has 0 bridgehead atoms. The van der Waals surface area contributed by atoms with E-state index in [1.54, 1.807) is 0 Å². The van der Waals surface area contributed by atoms with Crippen LogP contribution in [-0.2, 0) is 4.57 Å². The largest absolute Gasteiger partial charge is 0.466 e. The molecule has 8 heteroatoms. The fourth-order valence-electron chi connectivity index (χ4n) is 3.10. The van der Waals surface area contributed by atoms with Crippen molar-refractivity contribution in [3.8, 4) is 0 Å². The Kier molecular flexibility index (Phi) is 19.7. The Hall–Kier alpha value is -0.270. The molecule has 0 spiro atoms. The van der Waals surface area contributed by atoms with Crippen LogP contribution in [0.5, 0.6) is 0 Å². The van der Waals surface area contributed by atoms with Crippen molar-refractivity contribution in [2.45, 2.75) is 96.1 Å². The second-order valence-electron chi connectivity index (χ2n) is 8.62. The number of unbranched alkanes of at least 4 members (excludes halogenated alkanes) is 11. The van der Waals surface area contributed by atoms with E-state index >= 15 is 0 Å². The lowest BCUT2D eigenvalue weighted by Crippen LogP contribution is -2.53. The van der Waals surface area contributed by atoms with Gasteiger partial charge in [-0.15, -0.1) is 0 Å². The summed E-state index contributed by atoms with van der Waals surface area (Å²) < 4.78 is 9.45. The first-order valence-corrected chi connectivity index (χ1v) is 12.5. The van der Waals surface area contributed by atoms with Crippen LogP contribution in [-0.4, -0.2) is 69.3 Å². The highest BCUT2D eigenvalue weighted by Crippen LogP contribution is 2.25. The summed E-state index contributed by atoms with van der Waals surface area (Å²) in [7, 11) is 1.37. The normalized spacial score (nSPS) is 14.5. The second-order valence-corrected chi connectivity index (χ2v) is 9.65. The van der Waals surface area contributed by atoms with E-state index in [0.717, 1.165) is 6.42 Å². The van der Waals surface area contributed by atoms with E-state index in [0.29, 0.717) is 4.48 Å². The van der Waals surface area contributed by atoms with E-state index in [9.17, 15) is 10.2 Å². The summed E-state index contributed by atoms with van der Waals surface area (Å²) in [6, 6.07) is -0.154. The van der Waals surface area contributed by atoms with Crippen molar-refractivity contribution in [3.63, 3.8) is 0 Å². The molecule has 0 aliphatic rings. The zero-order valence-corrected chi connectivity index (χ0v) is 19.9. The van der Waals surface area contributed by atoms with E-state index in [1.165, 1.54) is 70.6 Å². The van der Waals surface area contributed by atoms with E-state index in [4.69, 9.17) is 19.2 Å². The molecule has 0 fully saturated rings. The molecule has 0 heterocycles. The number of rotatable bonds is 16. The number of phosphoric acid groups is 1. The van der Waals surface area contributed by atoms with Crippen molar-refractivity contribution in [1.29, 1.82) is 0 Å². The smallest absolute Gasteiger partial charge is 0.390 e. The number of likely N-dealkylation sites (N-methyl/N-ethyl adjacent to an activating group) is 1. The van der Waals surface area contributed by atoms with Crippen LogP contribution in [0.25, 0.3) is 0 Å². The fraction of sp³-hybridized carbons (Fsp3) is 0.905. The second kappa shape index (κ2) is 18.5. The van der Waals surface area contributed by atoms with Crippen molar-refractivity contribution < 1.29 is 33.9 Å². The molecular formula is C21H47NO6P+. The molecule has 7 nitrogen and oxygen atoms in total. The summed E-state index contributed by atoms with van der Waals surface area (Å²) in [5.41, 5.74) is 0. The van der Waals surface area contributed by atoms with Crippen LogP contribution in [0.4, 0.5) is 0 Å². The number of allylic oxidation sites excluding steroid dienone is 1. The lowest BCUT2D eigenvalue weighted by atomic mass is 10.0. The van der Waals surface area contributed by atoms with Crippen molar-refractivity contribution >= 4 is 7.82 Å². The van der Waals surface area contributed by atoms with Gasteiger partial charge in [0, 0.05) is 0 Å². The lowest BCUT2D eigenvalue weighted by Gasteiger charge is -2.34. The maximum Gasteiger partial charge on any atom is 0.466 e. The molecule has 0 saturated heterocycles. The zero-order valence-electron chi connectivity index (χ0n) is 19.0. The van der Waals surface area contributed by atoms with Crippen LogP contribution in [0, 0.1) is 0 Å². The standard InChI is InChI=1S/C21H44NO2.H3O4P/c1-5-6-7-8-9-10-11-12-13-14-15-16-17-18-21(24)20(19-23)22(2,3)4;1-5(2,3)4/h17-18,20-21,23-24H,5-16,19H2,1-4H3;(H3,1,2,3,4)/q+1;. The Morgan fingerprint density at radius 1 is 0.828 bits per heavy atom. The van der Waals surface area contributed by atoms with Gasteiger partial charge in [-0.2, -0.15) is 0 Å². The predicted octanol–water partition coefficient (Wildman–Crippen LogP) is 3.74. The minimum Gasteiger partial charge on any atom is -0.390 e. The van der Waals surface area contributed by atoms with Gasteiger partial charge in [0.2, 0.25) is 0 Å². The van der Waals surface area contributed by atoms with Gasteiger partial charge in [0.05, 0.1) is 27.7 Å². The minimum atomic E-state index is -4.64. The molecule has 176 valence electrons. The van der Waals surface area contributed by atoms with Gasteiger partial charge in [-0.3, -0.25) is 0 Å². The molecular weight excluding hydrogens is 393 g/mol. The Bertz CT molecular complexity index is 425. The van der Waals surface area contributed by atoms with Gasteiger partial charge < -0.3 is 29.4 Å². The molecule has 0 rings (SSSR count). The number of aliphatic hydroxyl groups excluding tert-OH is 2. The van der Waals surface area contributed by atoms with Crippen LogP contribution >= 0.6 is 7.82 Å². The van der Waals surface area contributed by atoms with Crippen LogP contribution in [0.15, 0.2) is 12.2 Å². The number of aliphatic hydroxyl groups is 2. The topological polar surface area (TPSA) is 118 Å². The highest BCUT2D eigenvalue weighted by atomic mass is 31.2. The van der Waals surface area contributed by atoms with Gasteiger partial charge in [-0.05, 0) is 12.8 Å². The first-order chi connectivity index (χ1) is 13.4. The highest BCUT2D eigenvalue weighted by Gasteiger charge is 2.28. The molecule has 0 amide bonds. The maximum atomic E-state index is 10.2. The molecule has 0 aromatic carbocycles. The summed E-state index contributed by atoms with van der Waals surface area (Å²) in [4.78, 5) is 21.6. The molecule has 0 aliphatic heterocycles. The highest BCUT2D eigenvalue weighted by molar-refractivity contribution is 7.45. The van der Waals surface area contributed by atoms with Gasteiger partial charge in [0.15, 0.2) is 0 Å². The first-order valence-electron chi connectivity index (χ1n) is 11.0. The summed E-state index contributed by atoms with van der Waals surface area (Å²) >= 11 is 0. The van der Waals surface area contributed by atoms with Gasteiger partial charge in [0.1, 0.15) is 12.1 Å². The monoisotopic (exact) mass is 440 g/mol. The fourth-order valence-corrected chi connectivity index (χ4v) is 3.10. The molecule has 0 aromatic heterocycles. The van der Waals surface area contributed by atoms with Crippen LogP contribution in [0.3, 0.4) is 0 Å². The van der Waals surface area contributed by atoms with Crippen molar-refractivity contribution in [2.75, 3.05) is 27.7 Å². The molecule has 5 N–H and O–H groups in total. The average molecular weight is 441 g/mol. The van der Waals surface area contributed by atoms with Crippen LogP contribution in [0.1, 0.15) is 84.0 Å². The van der Waals surface area contributed by atoms with E-state index < -0.39 is 13.9 Å². The Balaban J connectivity index is 0. The van der Waals surface area contributed by atoms with Crippen LogP contribution in [0.2, 0.25) is 0 Å². The molecule has 29 heavy (non-hydrogen) atoms. The van der Waals surface area contributed by atoms with Crippen LogP contribution < -0.4 is 0 Å². The summed E-state index contributed by atoms with van der Waals surface area (Å²) in [6.07, 6.45) is 19.4. The molecule has 2 unspecified atom stereocenters. The van der Waals surface area contributed by atoms with Crippen molar-refractivity contribution in [3.05, 3.63) is 12.2 Å². The Morgan fingerprint density at radius 3 is 1.55 bits per heavy atom. The summed E-state index contributed by atoms with van der Waals surface area (Å²) in [6.45, 7) is 2.28. The first kappa shape index (κ1) is 30.9. The Labute approximate surface area is 178 Å². The van der Waals surface area contributed by atoms with Gasteiger partial charge >= 0.3 is 7.82 Å². The maximum absolute atomic E-state index is 10.2. The molecule has 0 aliphatic carbocycles. The van der Waals surface area contributed by atoms with E-state index in [-0.39, 0.29) is 12.6 Å². The van der Waals surface area contributed by atoms with E-state index in [2.05, 4.69) is 13.0 Å². The molecule has 0 aromatic rings. The third-order valence-electron chi connectivity index (χ3n) is 4.88. The number of nitrogens with zero attached hydrogens (tertiary/aromatic N) is 1. The summed E-state index contributed by atoms with van der Waals surface area (Å²) in [5, 5.41) is 19.6. The number of hydrogen-bond donors (Lipinski definition) is 5. The SMILES string of the molecule is CCCCCCCCCCCCCC=CC(O)C(CO)[N+](C)(C)C.O=P(O)(O)O. The third-order valence-corrected chi connectivity index (χ3v) is 4.88. The van der Waals surface area contributed by atoms with Crippen molar-refractivity contribution in [2.24, 2.45) is 0 Å². The average Bonchev–Trinajstić information content (AvgIpc) is 2.57. The summed E-state index contributed by atoms with van der Waals surface area (Å²) in [5.74, 6) is 0. The number of hydrogen-bond acceptors (Lipinski definition) is 3. The zero-order chi connectivity index (χ0) is 22.8. The van der Waals surface area contributed by atoms with Gasteiger partial charge in [-0.25, -0.2) is 4.57 Å². The molecule has 0 saturated carbocycles. The Morgan fingerprint density at radius 2 is 1.21 bits per heavy atom. The molecule has 0 radical (unpaired) electrons. The third kappa shape index (κ3) is 25.7. The number of quaternary nitrogens is 1. The molecule has 2 atom stereocenters. The van der Waals surface area contributed by atoms with Gasteiger partial charge in [-0.1, -0.05) is 83.3 Å². The lowest BCUT2D eigenvalue weighted by molar-refractivity contribution is -0.899. The van der Waals surface area contributed by atoms with Gasteiger partial charge in [0.25, 0.3) is 0 Å². The minimum absolute atomic E-state index is 0.00739. The predicted molar refractivity (Wildman–Crippen MR) is 119 cm³/mol.